The highest BCUT2D eigenvalue weighted by atomic mass is 19.2. The van der Waals surface area contributed by atoms with E-state index in [0.717, 1.165) is 70.6 Å². The molecule has 10 N–H and O–H groups in total. The molecule has 0 spiro atoms. The molecule has 18 heteroatoms. The number of carbonyl (C=O) groups is 5. The summed E-state index contributed by atoms with van der Waals surface area (Å²) in [5.74, 6) is -14.7. The zero-order chi connectivity index (χ0) is 43.2. The minimum atomic E-state index is -2.34. The number of esters is 1. The van der Waals surface area contributed by atoms with E-state index in [4.69, 9.17) is 17.2 Å². The molecule has 4 amide bonds. The highest BCUT2D eigenvalue weighted by Crippen LogP contribution is 2.30. The van der Waals surface area contributed by atoms with Gasteiger partial charge in [-0.25, -0.2) is 13.2 Å². The summed E-state index contributed by atoms with van der Waals surface area (Å²) in [6.07, 6.45) is 10.8. The summed E-state index contributed by atoms with van der Waals surface area (Å²) in [6.45, 7) is 2.95. The second kappa shape index (κ2) is 31.1. The number of hydrogen-bond donors (Lipinski definition) is 7. The largest absolute Gasteiger partial charge is 0.420 e. The van der Waals surface area contributed by atoms with E-state index in [0.29, 0.717) is 52.1 Å². The Labute approximate surface area is 339 Å². The second-order valence-corrected chi connectivity index (χ2v) is 14.6. The minimum absolute atomic E-state index is 0.0889. The Hall–Kier alpha value is -3.90. The van der Waals surface area contributed by atoms with Gasteiger partial charge in [0.1, 0.15) is 0 Å². The molecule has 0 saturated carbocycles. The van der Waals surface area contributed by atoms with Crippen LogP contribution in [0.5, 0.6) is 5.75 Å². The van der Waals surface area contributed by atoms with Crippen LogP contribution in [0.4, 0.5) is 22.0 Å². The second-order valence-electron chi connectivity index (χ2n) is 14.6. The van der Waals surface area contributed by atoms with E-state index in [-0.39, 0.29) is 81.4 Å². The lowest BCUT2D eigenvalue weighted by atomic mass is 9.82. The van der Waals surface area contributed by atoms with Gasteiger partial charge in [-0.1, -0.05) is 38.5 Å². The number of ether oxygens (including phenoxy) is 1. The summed E-state index contributed by atoms with van der Waals surface area (Å²) in [5, 5.41) is 11.8. The van der Waals surface area contributed by atoms with Crippen LogP contribution in [0.3, 0.4) is 0 Å². The van der Waals surface area contributed by atoms with Crippen molar-refractivity contribution in [3.05, 3.63) is 29.1 Å². The quantitative estimate of drug-likeness (QED) is 0.0125. The van der Waals surface area contributed by atoms with Crippen molar-refractivity contribution in [2.75, 3.05) is 39.3 Å². The molecule has 0 radical (unpaired) electrons. The van der Waals surface area contributed by atoms with Gasteiger partial charge < -0.3 is 43.2 Å². The van der Waals surface area contributed by atoms with Gasteiger partial charge in [0.15, 0.2) is 0 Å². The summed E-state index contributed by atoms with van der Waals surface area (Å²) in [4.78, 5) is 63.8. The average molecular weight is 836 g/mol. The first kappa shape index (κ1) is 52.1. The lowest BCUT2D eigenvalue weighted by molar-refractivity contribution is -0.135. The van der Waals surface area contributed by atoms with Crippen LogP contribution in [-0.2, 0) is 24.0 Å². The van der Waals surface area contributed by atoms with Gasteiger partial charge in [0.05, 0.1) is 0 Å². The molecule has 0 aliphatic carbocycles. The molecule has 13 nitrogen and oxygen atoms in total. The monoisotopic (exact) mass is 835 g/mol. The van der Waals surface area contributed by atoms with E-state index < -0.39 is 46.3 Å². The van der Waals surface area contributed by atoms with E-state index in [2.05, 4.69) is 26.0 Å². The minimum Gasteiger partial charge on any atom is -0.420 e. The Morgan fingerprint density at radius 1 is 0.431 bits per heavy atom. The number of nitrogens with one attached hydrogen (secondary N) is 4. The summed E-state index contributed by atoms with van der Waals surface area (Å²) < 4.78 is 71.8. The van der Waals surface area contributed by atoms with Crippen molar-refractivity contribution in [1.29, 1.82) is 0 Å². The summed E-state index contributed by atoms with van der Waals surface area (Å²) in [6, 6.07) is 0. The molecule has 0 heterocycles. The number of unbranched alkanes of at least 4 members (excludes halogenated alkanes) is 10. The Balaban J connectivity index is 2.70. The Kier molecular flexibility index (Phi) is 27.9. The molecular formula is C40H66F5N7O6. The van der Waals surface area contributed by atoms with Gasteiger partial charge in [0.2, 0.25) is 58.5 Å². The molecule has 0 atom stereocenters. The van der Waals surface area contributed by atoms with Gasteiger partial charge in [0, 0.05) is 57.3 Å². The Bertz CT molecular complexity index is 1310. The van der Waals surface area contributed by atoms with Crippen LogP contribution in [0.2, 0.25) is 0 Å². The molecule has 1 aromatic carbocycles. The average Bonchev–Trinajstić information content (AvgIpc) is 3.21. The van der Waals surface area contributed by atoms with Gasteiger partial charge in [-0.15, -0.1) is 0 Å². The molecule has 0 fully saturated rings. The van der Waals surface area contributed by atoms with Crippen molar-refractivity contribution in [2.24, 2.45) is 17.2 Å². The zero-order valence-corrected chi connectivity index (χ0v) is 33.9. The molecule has 1 rings (SSSR count). The lowest BCUT2D eigenvalue weighted by Crippen LogP contribution is -2.50. The first-order valence-electron chi connectivity index (χ1n) is 20.7. The van der Waals surface area contributed by atoms with E-state index in [1.165, 1.54) is 0 Å². The third-order valence-electron chi connectivity index (χ3n) is 9.68. The van der Waals surface area contributed by atoms with E-state index in [1.807, 2.05) is 0 Å². The number of amides is 4. The number of halogens is 5. The first-order chi connectivity index (χ1) is 27.8. The topological polar surface area (TPSA) is 221 Å². The highest BCUT2D eigenvalue weighted by Gasteiger charge is 2.34. The zero-order valence-electron chi connectivity index (χ0n) is 33.9. The lowest BCUT2D eigenvalue weighted by Gasteiger charge is -2.35. The van der Waals surface area contributed by atoms with Crippen molar-refractivity contribution in [3.8, 4) is 5.75 Å². The Morgan fingerprint density at radius 3 is 1.16 bits per heavy atom. The van der Waals surface area contributed by atoms with Crippen molar-refractivity contribution in [1.82, 2.24) is 21.3 Å². The van der Waals surface area contributed by atoms with Gasteiger partial charge in [-0.2, -0.15) is 8.78 Å². The Morgan fingerprint density at radius 2 is 0.776 bits per heavy atom. The highest BCUT2D eigenvalue weighted by molar-refractivity contribution is 5.80. The van der Waals surface area contributed by atoms with Crippen LogP contribution in [-0.4, -0.2) is 74.4 Å². The fraction of sp³-hybridized carbons (Fsp3) is 0.725. The summed E-state index contributed by atoms with van der Waals surface area (Å²) >= 11 is 0. The summed E-state index contributed by atoms with van der Waals surface area (Å²) in [7, 11) is 0. The fourth-order valence-electron chi connectivity index (χ4n) is 6.19. The van der Waals surface area contributed by atoms with E-state index >= 15 is 0 Å². The van der Waals surface area contributed by atoms with Gasteiger partial charge in [-0.05, 0) is 90.3 Å². The number of carbonyl (C=O) groups excluding carboxylic acids is 5. The van der Waals surface area contributed by atoms with Gasteiger partial charge in [0.25, 0.3) is 0 Å². The maximum absolute atomic E-state index is 13.8. The van der Waals surface area contributed by atoms with Crippen molar-refractivity contribution >= 4 is 29.6 Å². The fourth-order valence-corrected chi connectivity index (χ4v) is 6.19. The molecule has 58 heavy (non-hydrogen) atoms. The van der Waals surface area contributed by atoms with Crippen molar-refractivity contribution in [2.45, 2.75) is 147 Å². The number of rotatable bonds is 34. The number of nitrogens with two attached hydrogens (primary N) is 3. The van der Waals surface area contributed by atoms with Crippen LogP contribution in [0.25, 0.3) is 0 Å². The van der Waals surface area contributed by atoms with E-state index in [1.54, 1.807) is 0 Å². The third-order valence-corrected chi connectivity index (χ3v) is 9.68. The van der Waals surface area contributed by atoms with Crippen LogP contribution < -0.4 is 43.2 Å². The van der Waals surface area contributed by atoms with Crippen LogP contribution in [0.1, 0.15) is 141 Å². The predicted molar refractivity (Wildman–Crippen MR) is 211 cm³/mol. The molecule has 332 valence electrons. The molecule has 0 bridgehead atoms. The molecule has 0 aliphatic heterocycles. The van der Waals surface area contributed by atoms with Gasteiger partial charge in [-0.3, -0.25) is 24.0 Å². The molecule has 1 aromatic rings. The maximum atomic E-state index is 13.8. The normalized spacial score (nSPS) is 11.3. The predicted octanol–water partition coefficient (Wildman–Crippen LogP) is 4.95. The van der Waals surface area contributed by atoms with Crippen LogP contribution in [0.15, 0.2) is 0 Å². The standard InChI is InChI=1S/C40H66F5N7O6/c41-34-35(42)37(44)39(38(45)36(34)43)58-33(57)16-8-6-4-2-1-3-5-7-15-32(56)52-40(20-17-29(53)49-26-12-9-23-46,21-18-30(54)50-27-13-10-24-47)22-19-31(55)51-28-14-11-25-48/h1-28,46-48H2,(H,49,53)(H,50,54)(H,51,55)(H,52,56). The molecule has 0 unspecified atom stereocenters. The molecule has 0 aliphatic rings. The van der Waals surface area contributed by atoms with Crippen molar-refractivity contribution in [3.63, 3.8) is 0 Å². The van der Waals surface area contributed by atoms with Crippen LogP contribution >= 0.6 is 0 Å². The number of benzene rings is 1. The molecule has 0 aromatic heterocycles. The first-order valence-corrected chi connectivity index (χ1v) is 20.7. The van der Waals surface area contributed by atoms with Crippen LogP contribution in [0, 0.1) is 29.1 Å². The maximum Gasteiger partial charge on any atom is 0.311 e. The van der Waals surface area contributed by atoms with Gasteiger partial charge >= 0.3 is 5.97 Å². The SMILES string of the molecule is NCCCCNC(=O)CCC(CCC(=O)NCCCCN)(CCC(=O)NCCCCN)NC(=O)CCCCCCCCCCC(=O)Oc1c(F)c(F)c(F)c(F)c1F. The van der Waals surface area contributed by atoms with E-state index in [9.17, 15) is 45.9 Å². The smallest absolute Gasteiger partial charge is 0.311 e. The summed E-state index contributed by atoms with van der Waals surface area (Å²) in [5.41, 5.74) is 15.7. The molecular weight excluding hydrogens is 769 g/mol. The van der Waals surface area contributed by atoms with Crippen molar-refractivity contribution < 1.29 is 50.7 Å². The third kappa shape index (κ3) is 22.3. The number of hydrogen-bond acceptors (Lipinski definition) is 9. The molecule has 0 saturated heterocycles.